The van der Waals surface area contributed by atoms with E-state index in [9.17, 15) is 0 Å². The van der Waals surface area contributed by atoms with Crippen LogP contribution in [-0.2, 0) is 6.54 Å². The van der Waals surface area contributed by atoms with E-state index in [1.807, 2.05) is 0 Å². The van der Waals surface area contributed by atoms with E-state index in [2.05, 4.69) is 58.1 Å². The first-order chi connectivity index (χ1) is 8.52. The number of benzene rings is 1. The van der Waals surface area contributed by atoms with Crippen molar-refractivity contribution in [3.63, 3.8) is 0 Å². The zero-order valence-corrected chi connectivity index (χ0v) is 12.4. The van der Waals surface area contributed by atoms with Crippen molar-refractivity contribution in [1.29, 1.82) is 0 Å². The van der Waals surface area contributed by atoms with Gasteiger partial charge in [0.25, 0.3) is 0 Å². The number of nitrogens with one attached hydrogen (secondary N) is 1. The lowest BCUT2D eigenvalue weighted by Gasteiger charge is -2.18. The summed E-state index contributed by atoms with van der Waals surface area (Å²) in [6.07, 6.45) is 2.55. The van der Waals surface area contributed by atoms with Gasteiger partial charge in [0.05, 0.1) is 6.10 Å². The van der Waals surface area contributed by atoms with E-state index < -0.39 is 0 Å². The second-order valence-corrected chi connectivity index (χ2v) is 5.36. The molecule has 1 aromatic rings. The van der Waals surface area contributed by atoms with Crippen molar-refractivity contribution in [2.24, 2.45) is 0 Å². The van der Waals surface area contributed by atoms with E-state index in [0.29, 0.717) is 6.04 Å². The minimum atomic E-state index is 0.288. The lowest BCUT2D eigenvalue weighted by atomic mass is 10.1. The Hall–Kier alpha value is -1.02. The molecule has 0 radical (unpaired) electrons. The van der Waals surface area contributed by atoms with Gasteiger partial charge in [-0.3, -0.25) is 0 Å². The van der Waals surface area contributed by atoms with Gasteiger partial charge in [-0.05, 0) is 26.3 Å². The normalized spacial score (nSPS) is 12.8. The molecule has 1 atom stereocenters. The molecule has 0 saturated heterocycles. The fraction of sp³-hybridized carbons (Fsp3) is 0.625. The summed E-state index contributed by atoms with van der Waals surface area (Å²) >= 11 is 0. The summed E-state index contributed by atoms with van der Waals surface area (Å²) in [5.41, 5.74) is 2.54. The molecule has 1 aromatic carbocycles. The Morgan fingerprint density at radius 3 is 2.56 bits per heavy atom. The third kappa shape index (κ3) is 5.09. The maximum atomic E-state index is 6.03. The summed E-state index contributed by atoms with van der Waals surface area (Å²) in [4.78, 5) is 0. The number of hydrogen-bond acceptors (Lipinski definition) is 2. The molecule has 0 fully saturated rings. The molecule has 0 amide bonds. The highest BCUT2D eigenvalue weighted by molar-refractivity contribution is 5.37. The Morgan fingerprint density at radius 1 is 1.22 bits per heavy atom. The lowest BCUT2D eigenvalue weighted by Crippen LogP contribution is -2.23. The fourth-order valence-electron chi connectivity index (χ4n) is 1.96. The van der Waals surface area contributed by atoms with Crippen LogP contribution in [0.3, 0.4) is 0 Å². The van der Waals surface area contributed by atoms with Crippen molar-refractivity contribution in [3.05, 3.63) is 29.3 Å². The zero-order chi connectivity index (χ0) is 13.5. The molecular formula is C16H27NO. The van der Waals surface area contributed by atoms with Gasteiger partial charge in [0.2, 0.25) is 0 Å². The molecule has 18 heavy (non-hydrogen) atoms. The van der Waals surface area contributed by atoms with E-state index >= 15 is 0 Å². The molecule has 1 rings (SSSR count). The smallest absolute Gasteiger partial charge is 0.124 e. The molecule has 0 spiro atoms. The van der Waals surface area contributed by atoms with Crippen LogP contribution in [0.15, 0.2) is 18.2 Å². The summed E-state index contributed by atoms with van der Waals surface area (Å²) in [6.45, 7) is 11.6. The van der Waals surface area contributed by atoms with E-state index in [-0.39, 0.29) is 6.10 Å². The van der Waals surface area contributed by atoms with Crippen LogP contribution < -0.4 is 10.1 Å². The van der Waals surface area contributed by atoms with Gasteiger partial charge in [0.1, 0.15) is 5.75 Å². The Morgan fingerprint density at radius 2 is 1.94 bits per heavy atom. The largest absolute Gasteiger partial charge is 0.490 e. The lowest BCUT2D eigenvalue weighted by molar-refractivity contribution is 0.207. The number of aryl methyl sites for hydroxylation is 1. The van der Waals surface area contributed by atoms with Gasteiger partial charge >= 0.3 is 0 Å². The first-order valence-electron chi connectivity index (χ1n) is 7.02. The quantitative estimate of drug-likeness (QED) is 0.787. The van der Waals surface area contributed by atoms with Crippen LogP contribution in [-0.4, -0.2) is 12.1 Å². The molecule has 1 unspecified atom stereocenters. The summed E-state index contributed by atoms with van der Waals surface area (Å²) in [5.74, 6) is 1.02. The van der Waals surface area contributed by atoms with Crippen LogP contribution in [0.1, 0.15) is 51.7 Å². The number of hydrogen-bond donors (Lipinski definition) is 1. The molecule has 1 N–H and O–H groups in total. The molecule has 0 heterocycles. The molecule has 0 aromatic heterocycles. The van der Waals surface area contributed by atoms with E-state index in [4.69, 9.17) is 4.74 Å². The van der Waals surface area contributed by atoms with Gasteiger partial charge in [-0.2, -0.15) is 0 Å². The van der Waals surface area contributed by atoms with Crippen LogP contribution in [0.5, 0.6) is 5.75 Å². The standard InChI is InChI=1S/C16H27NO/c1-6-7-14(5)18-16-9-8-13(4)10-15(16)11-17-12(2)3/h8-10,12,14,17H,6-7,11H2,1-5H3. The Labute approximate surface area is 112 Å². The second kappa shape index (κ2) is 7.42. The maximum Gasteiger partial charge on any atom is 0.124 e. The van der Waals surface area contributed by atoms with Gasteiger partial charge < -0.3 is 10.1 Å². The van der Waals surface area contributed by atoms with E-state index in [1.54, 1.807) is 0 Å². The van der Waals surface area contributed by atoms with Gasteiger partial charge in [-0.1, -0.05) is 44.9 Å². The second-order valence-electron chi connectivity index (χ2n) is 5.36. The predicted octanol–water partition coefficient (Wildman–Crippen LogP) is 4.06. The topological polar surface area (TPSA) is 21.3 Å². The molecule has 102 valence electrons. The zero-order valence-electron chi connectivity index (χ0n) is 12.4. The average Bonchev–Trinajstić information content (AvgIpc) is 2.29. The monoisotopic (exact) mass is 249 g/mol. The Bertz CT molecular complexity index is 360. The van der Waals surface area contributed by atoms with Gasteiger partial charge in [0.15, 0.2) is 0 Å². The summed E-state index contributed by atoms with van der Waals surface area (Å²) in [7, 11) is 0. The van der Waals surface area contributed by atoms with Crippen molar-refractivity contribution < 1.29 is 4.74 Å². The van der Waals surface area contributed by atoms with Crippen LogP contribution >= 0.6 is 0 Å². The minimum Gasteiger partial charge on any atom is -0.490 e. The van der Waals surface area contributed by atoms with E-state index in [0.717, 1.165) is 25.1 Å². The number of ether oxygens (including phenoxy) is 1. The Balaban J connectivity index is 2.75. The van der Waals surface area contributed by atoms with Crippen molar-refractivity contribution in [2.45, 2.75) is 66.2 Å². The van der Waals surface area contributed by atoms with Gasteiger partial charge in [-0.15, -0.1) is 0 Å². The average molecular weight is 249 g/mol. The summed E-state index contributed by atoms with van der Waals surface area (Å²) in [6, 6.07) is 6.92. The summed E-state index contributed by atoms with van der Waals surface area (Å²) in [5, 5.41) is 3.45. The van der Waals surface area contributed by atoms with Gasteiger partial charge in [0, 0.05) is 18.2 Å². The van der Waals surface area contributed by atoms with Crippen molar-refractivity contribution in [3.8, 4) is 5.75 Å². The molecule has 2 nitrogen and oxygen atoms in total. The molecule has 0 aliphatic rings. The first-order valence-corrected chi connectivity index (χ1v) is 7.02. The molecule has 2 heteroatoms. The van der Waals surface area contributed by atoms with Crippen molar-refractivity contribution in [2.75, 3.05) is 0 Å². The summed E-state index contributed by atoms with van der Waals surface area (Å²) < 4.78 is 6.03. The SMILES string of the molecule is CCCC(C)Oc1ccc(C)cc1CNC(C)C. The highest BCUT2D eigenvalue weighted by Gasteiger charge is 2.08. The highest BCUT2D eigenvalue weighted by Crippen LogP contribution is 2.22. The molecule has 0 aliphatic carbocycles. The molecule has 0 aliphatic heterocycles. The first kappa shape index (κ1) is 15.0. The van der Waals surface area contributed by atoms with Crippen molar-refractivity contribution >= 4 is 0 Å². The van der Waals surface area contributed by atoms with E-state index in [1.165, 1.54) is 11.1 Å². The van der Waals surface area contributed by atoms with Crippen LogP contribution in [0.4, 0.5) is 0 Å². The predicted molar refractivity (Wildman–Crippen MR) is 78.2 cm³/mol. The third-order valence-corrected chi connectivity index (χ3v) is 2.94. The molecule has 0 saturated carbocycles. The molecular weight excluding hydrogens is 222 g/mol. The van der Waals surface area contributed by atoms with Crippen LogP contribution in [0.25, 0.3) is 0 Å². The van der Waals surface area contributed by atoms with Crippen molar-refractivity contribution in [1.82, 2.24) is 5.32 Å². The Kier molecular flexibility index (Phi) is 6.20. The third-order valence-electron chi connectivity index (χ3n) is 2.94. The van der Waals surface area contributed by atoms with Crippen LogP contribution in [0.2, 0.25) is 0 Å². The number of rotatable bonds is 7. The maximum absolute atomic E-state index is 6.03. The molecule has 0 bridgehead atoms. The van der Waals surface area contributed by atoms with Gasteiger partial charge in [-0.25, -0.2) is 0 Å². The minimum absolute atomic E-state index is 0.288. The highest BCUT2D eigenvalue weighted by atomic mass is 16.5. The van der Waals surface area contributed by atoms with Crippen LogP contribution in [0, 0.1) is 6.92 Å². The fourth-order valence-corrected chi connectivity index (χ4v) is 1.96.